The molecule has 0 unspecified atom stereocenters. The van der Waals surface area contributed by atoms with Gasteiger partial charge in [0.1, 0.15) is 11.5 Å². The van der Waals surface area contributed by atoms with Gasteiger partial charge in [0, 0.05) is 18.8 Å². The van der Waals surface area contributed by atoms with Crippen LogP contribution in [0.5, 0.6) is 0 Å². The van der Waals surface area contributed by atoms with Crippen LogP contribution < -0.4 is 0 Å². The van der Waals surface area contributed by atoms with Gasteiger partial charge in [-0.05, 0) is 42.2 Å². The fraction of sp³-hybridized carbons (Fsp3) is 0.667. The van der Waals surface area contributed by atoms with Gasteiger partial charge in [0.05, 0.1) is 6.26 Å². The van der Waals surface area contributed by atoms with Gasteiger partial charge < -0.3 is 4.42 Å². The van der Waals surface area contributed by atoms with Gasteiger partial charge in [-0.25, -0.2) is 0 Å². The summed E-state index contributed by atoms with van der Waals surface area (Å²) in [5.74, 6) is 2.33. The number of carbonyl (C=O) groups excluding carboxylic acids is 1. The first-order valence-corrected chi connectivity index (χ1v) is 6.61. The minimum atomic E-state index is 0.150. The van der Waals surface area contributed by atoms with E-state index in [9.17, 15) is 4.79 Å². The van der Waals surface area contributed by atoms with E-state index in [1.54, 1.807) is 0 Å². The molecule has 2 aliphatic rings. The Hall–Kier alpha value is -1.05. The van der Waals surface area contributed by atoms with Crippen molar-refractivity contribution < 1.29 is 9.21 Å². The summed E-state index contributed by atoms with van der Waals surface area (Å²) in [6.07, 6.45) is 5.50. The first kappa shape index (κ1) is 11.1. The van der Waals surface area contributed by atoms with E-state index in [0.717, 1.165) is 31.4 Å². The zero-order valence-corrected chi connectivity index (χ0v) is 10.9. The molecule has 17 heavy (non-hydrogen) atoms. The van der Waals surface area contributed by atoms with Crippen LogP contribution in [0.15, 0.2) is 10.7 Å². The highest BCUT2D eigenvalue weighted by molar-refractivity contribution is 5.83. The Kier molecular flexibility index (Phi) is 2.26. The Morgan fingerprint density at radius 1 is 1.47 bits per heavy atom. The molecule has 0 saturated heterocycles. The SMILES string of the molecule is Cc1coc2c1C[C@@]1(C)[C@H](C2)C(=O)CC[C@@H]1C. The molecule has 2 nitrogen and oxygen atoms in total. The number of rotatable bonds is 0. The zero-order valence-electron chi connectivity index (χ0n) is 10.9. The summed E-state index contributed by atoms with van der Waals surface area (Å²) in [6.45, 7) is 6.72. The van der Waals surface area contributed by atoms with Gasteiger partial charge in [-0.1, -0.05) is 13.8 Å². The molecule has 3 rings (SSSR count). The van der Waals surface area contributed by atoms with Gasteiger partial charge in [0.2, 0.25) is 0 Å². The number of carbonyl (C=O) groups is 1. The monoisotopic (exact) mass is 232 g/mol. The lowest BCUT2D eigenvalue weighted by Crippen LogP contribution is -2.47. The van der Waals surface area contributed by atoms with Gasteiger partial charge >= 0.3 is 0 Å². The van der Waals surface area contributed by atoms with E-state index in [2.05, 4.69) is 20.8 Å². The fourth-order valence-corrected chi connectivity index (χ4v) is 3.72. The van der Waals surface area contributed by atoms with Crippen molar-refractivity contribution in [3.8, 4) is 0 Å². The largest absolute Gasteiger partial charge is 0.469 e. The third-order valence-corrected chi connectivity index (χ3v) is 5.27. The molecule has 0 bridgehead atoms. The van der Waals surface area contributed by atoms with Crippen molar-refractivity contribution in [1.82, 2.24) is 0 Å². The van der Waals surface area contributed by atoms with E-state index in [0.29, 0.717) is 11.7 Å². The lowest BCUT2D eigenvalue weighted by Gasteiger charge is -2.47. The van der Waals surface area contributed by atoms with Crippen LogP contribution in [-0.4, -0.2) is 5.78 Å². The van der Waals surface area contributed by atoms with Crippen molar-refractivity contribution in [1.29, 1.82) is 0 Å². The van der Waals surface area contributed by atoms with E-state index < -0.39 is 0 Å². The highest BCUT2D eigenvalue weighted by Gasteiger charge is 2.49. The number of ketones is 1. The van der Waals surface area contributed by atoms with Crippen molar-refractivity contribution in [2.75, 3.05) is 0 Å². The second-order valence-corrected chi connectivity index (χ2v) is 6.17. The molecule has 0 spiro atoms. The van der Waals surface area contributed by atoms with Gasteiger partial charge in [-0.3, -0.25) is 4.79 Å². The van der Waals surface area contributed by atoms with E-state index in [-0.39, 0.29) is 11.3 Å². The molecule has 1 aromatic heterocycles. The summed E-state index contributed by atoms with van der Waals surface area (Å²) >= 11 is 0. The number of Topliss-reactive ketones (excluding diaryl/α,β-unsaturated/α-hetero) is 1. The molecule has 0 amide bonds. The van der Waals surface area contributed by atoms with Crippen molar-refractivity contribution >= 4 is 5.78 Å². The van der Waals surface area contributed by atoms with Crippen LogP contribution in [0.1, 0.15) is 43.6 Å². The average Bonchev–Trinajstić information content (AvgIpc) is 2.64. The van der Waals surface area contributed by atoms with Gasteiger partial charge in [-0.2, -0.15) is 0 Å². The predicted molar refractivity (Wildman–Crippen MR) is 65.9 cm³/mol. The van der Waals surface area contributed by atoms with Crippen molar-refractivity contribution in [3.63, 3.8) is 0 Å². The minimum Gasteiger partial charge on any atom is -0.469 e. The lowest BCUT2D eigenvalue weighted by molar-refractivity contribution is -0.133. The van der Waals surface area contributed by atoms with Crippen molar-refractivity contribution in [2.45, 2.75) is 46.5 Å². The standard InChI is InChI=1S/C15H20O2/c1-9-8-17-14-6-12-13(16)5-4-10(2)15(12,3)7-11(9)14/h8,10,12H,4-7H2,1-3H3/t10-,12+,15+/m0/s1. The lowest BCUT2D eigenvalue weighted by atomic mass is 9.55. The average molecular weight is 232 g/mol. The van der Waals surface area contributed by atoms with Gasteiger partial charge in [0.15, 0.2) is 0 Å². The molecule has 2 aliphatic carbocycles. The Balaban J connectivity index is 2.07. The number of fused-ring (bicyclic) bond motifs is 2. The topological polar surface area (TPSA) is 30.2 Å². The Labute approximate surface area is 102 Å². The summed E-state index contributed by atoms with van der Waals surface area (Å²) in [5.41, 5.74) is 2.77. The van der Waals surface area contributed by atoms with E-state index in [1.165, 1.54) is 11.1 Å². The van der Waals surface area contributed by atoms with Crippen LogP contribution in [0.3, 0.4) is 0 Å². The molecular formula is C15H20O2. The Morgan fingerprint density at radius 2 is 2.24 bits per heavy atom. The Bertz CT molecular complexity index is 471. The summed E-state index contributed by atoms with van der Waals surface area (Å²) < 4.78 is 5.61. The first-order valence-electron chi connectivity index (χ1n) is 6.61. The highest BCUT2D eigenvalue weighted by atomic mass is 16.3. The molecule has 0 N–H and O–H groups in total. The van der Waals surface area contributed by atoms with Crippen LogP contribution in [0.4, 0.5) is 0 Å². The summed E-state index contributed by atoms with van der Waals surface area (Å²) in [5, 5.41) is 0. The smallest absolute Gasteiger partial charge is 0.137 e. The van der Waals surface area contributed by atoms with Crippen LogP contribution >= 0.6 is 0 Å². The molecule has 1 fully saturated rings. The fourth-order valence-electron chi connectivity index (χ4n) is 3.72. The molecule has 92 valence electrons. The van der Waals surface area contributed by atoms with E-state index >= 15 is 0 Å². The van der Waals surface area contributed by atoms with Crippen molar-refractivity contribution in [2.24, 2.45) is 17.3 Å². The molecule has 1 saturated carbocycles. The molecule has 2 heteroatoms. The molecular weight excluding hydrogens is 212 g/mol. The summed E-state index contributed by atoms with van der Waals surface area (Å²) in [6, 6.07) is 0. The number of hydrogen-bond donors (Lipinski definition) is 0. The molecule has 0 aromatic carbocycles. The maximum Gasteiger partial charge on any atom is 0.137 e. The summed E-state index contributed by atoms with van der Waals surface area (Å²) in [4.78, 5) is 12.2. The second-order valence-electron chi connectivity index (χ2n) is 6.17. The van der Waals surface area contributed by atoms with Gasteiger partial charge in [-0.15, -0.1) is 0 Å². The molecule has 0 aliphatic heterocycles. The maximum absolute atomic E-state index is 12.2. The summed E-state index contributed by atoms with van der Waals surface area (Å²) in [7, 11) is 0. The molecule has 3 atom stereocenters. The minimum absolute atomic E-state index is 0.150. The van der Waals surface area contributed by atoms with E-state index in [4.69, 9.17) is 4.42 Å². The predicted octanol–water partition coefficient (Wildman–Crippen LogP) is 3.31. The zero-order chi connectivity index (χ0) is 12.2. The third-order valence-electron chi connectivity index (χ3n) is 5.27. The Morgan fingerprint density at radius 3 is 3.00 bits per heavy atom. The molecule has 1 heterocycles. The van der Waals surface area contributed by atoms with Gasteiger partial charge in [0.25, 0.3) is 0 Å². The molecule has 1 aromatic rings. The first-order chi connectivity index (χ1) is 8.02. The van der Waals surface area contributed by atoms with Crippen LogP contribution in [0, 0.1) is 24.2 Å². The second kappa shape index (κ2) is 3.47. The highest BCUT2D eigenvalue weighted by Crippen LogP contribution is 2.51. The number of hydrogen-bond acceptors (Lipinski definition) is 2. The molecule has 0 radical (unpaired) electrons. The maximum atomic E-state index is 12.2. The van der Waals surface area contributed by atoms with Crippen LogP contribution in [-0.2, 0) is 17.6 Å². The van der Waals surface area contributed by atoms with Crippen LogP contribution in [0.2, 0.25) is 0 Å². The number of aryl methyl sites for hydroxylation is 1. The van der Waals surface area contributed by atoms with Crippen molar-refractivity contribution in [3.05, 3.63) is 23.2 Å². The normalized spacial score (nSPS) is 36.5. The number of furan rings is 1. The third kappa shape index (κ3) is 1.42. The quantitative estimate of drug-likeness (QED) is 0.687. The van der Waals surface area contributed by atoms with Crippen LogP contribution in [0.25, 0.3) is 0 Å². The van der Waals surface area contributed by atoms with E-state index in [1.807, 2.05) is 6.26 Å².